The van der Waals surface area contributed by atoms with Crippen LogP contribution in [0.3, 0.4) is 0 Å². The van der Waals surface area contributed by atoms with Gasteiger partial charge in [0, 0.05) is 10.5 Å². The average molecular weight is 315 g/mol. The topological polar surface area (TPSA) is 38.3 Å². The van der Waals surface area contributed by atoms with Gasteiger partial charge in [-0.25, -0.2) is 0 Å². The third-order valence-corrected chi connectivity index (χ3v) is 4.07. The number of nitrogens with one attached hydrogen (secondary N) is 1. The molecule has 2 rings (SSSR count). The van der Waals surface area contributed by atoms with E-state index in [2.05, 4.69) is 18.3 Å². The molecule has 1 N–H and O–H groups in total. The summed E-state index contributed by atoms with van der Waals surface area (Å²) in [6.45, 7) is 5.02. The average Bonchev–Trinajstić information content (AvgIpc) is 2.53. The fourth-order valence-electron chi connectivity index (χ4n) is 2.13. The summed E-state index contributed by atoms with van der Waals surface area (Å²) in [7, 11) is 0. The predicted octanol–water partition coefficient (Wildman–Crippen LogP) is 3.83. The molecular formula is C18H21NO2S. The third-order valence-electron chi connectivity index (χ3n) is 3.33. The highest BCUT2D eigenvalue weighted by Crippen LogP contribution is 2.18. The number of hydrogen-bond acceptors (Lipinski definition) is 3. The molecule has 0 bridgehead atoms. The van der Waals surface area contributed by atoms with Crippen LogP contribution >= 0.6 is 11.8 Å². The van der Waals surface area contributed by atoms with Crippen LogP contribution in [0.5, 0.6) is 5.75 Å². The number of hydrogen-bond donors (Lipinski definition) is 1. The van der Waals surface area contributed by atoms with Gasteiger partial charge < -0.3 is 10.1 Å². The quantitative estimate of drug-likeness (QED) is 0.650. The maximum atomic E-state index is 12.0. The Balaban J connectivity index is 1.79. The lowest BCUT2D eigenvalue weighted by molar-refractivity contribution is 0.0947. The van der Waals surface area contributed by atoms with Crippen LogP contribution in [-0.2, 0) is 0 Å². The van der Waals surface area contributed by atoms with E-state index in [9.17, 15) is 4.79 Å². The van der Waals surface area contributed by atoms with Gasteiger partial charge in [-0.15, -0.1) is 11.8 Å². The number of carbonyl (C=O) groups excluding carboxylic acids is 1. The molecule has 0 unspecified atom stereocenters. The predicted molar refractivity (Wildman–Crippen MR) is 92.0 cm³/mol. The number of ether oxygens (including phenoxy) is 1. The second kappa shape index (κ2) is 7.90. The van der Waals surface area contributed by atoms with E-state index in [4.69, 9.17) is 4.74 Å². The first-order valence-electron chi connectivity index (χ1n) is 7.22. The van der Waals surface area contributed by atoms with Gasteiger partial charge in [0.15, 0.2) is 0 Å². The second-order valence-electron chi connectivity index (χ2n) is 5.10. The molecule has 0 saturated carbocycles. The van der Waals surface area contributed by atoms with Gasteiger partial charge in [-0.2, -0.15) is 0 Å². The smallest absolute Gasteiger partial charge is 0.251 e. The van der Waals surface area contributed by atoms with Crippen LogP contribution in [0.25, 0.3) is 0 Å². The molecule has 1 amide bonds. The third kappa shape index (κ3) is 4.53. The van der Waals surface area contributed by atoms with Crippen LogP contribution in [0, 0.1) is 13.8 Å². The number of rotatable bonds is 6. The van der Waals surface area contributed by atoms with Crippen molar-refractivity contribution >= 4 is 17.7 Å². The Kier molecular flexibility index (Phi) is 5.90. The van der Waals surface area contributed by atoms with Gasteiger partial charge in [-0.3, -0.25) is 4.79 Å². The molecular weight excluding hydrogens is 294 g/mol. The van der Waals surface area contributed by atoms with Gasteiger partial charge in [0.1, 0.15) is 12.4 Å². The van der Waals surface area contributed by atoms with E-state index in [1.54, 1.807) is 11.8 Å². The molecule has 0 heterocycles. The van der Waals surface area contributed by atoms with Crippen LogP contribution in [0.1, 0.15) is 21.5 Å². The molecule has 0 spiro atoms. The molecule has 0 aromatic heterocycles. The van der Waals surface area contributed by atoms with Crippen molar-refractivity contribution < 1.29 is 9.53 Å². The van der Waals surface area contributed by atoms with Crippen LogP contribution in [0.15, 0.2) is 47.4 Å². The number of aryl methyl sites for hydroxylation is 2. The second-order valence-corrected chi connectivity index (χ2v) is 5.98. The van der Waals surface area contributed by atoms with Gasteiger partial charge in [0.05, 0.1) is 6.54 Å². The van der Waals surface area contributed by atoms with E-state index < -0.39 is 0 Å². The molecule has 0 aliphatic heterocycles. The van der Waals surface area contributed by atoms with Crippen molar-refractivity contribution in [1.82, 2.24) is 5.32 Å². The first-order chi connectivity index (χ1) is 10.6. The van der Waals surface area contributed by atoms with E-state index in [0.717, 1.165) is 16.2 Å². The Bertz CT molecular complexity index is 638. The van der Waals surface area contributed by atoms with Crippen LogP contribution < -0.4 is 10.1 Å². The number of thioether (sulfide) groups is 1. The fourth-order valence-corrected chi connectivity index (χ4v) is 2.54. The molecule has 2 aromatic carbocycles. The molecule has 4 heteroatoms. The van der Waals surface area contributed by atoms with E-state index in [1.165, 1.54) is 5.56 Å². The highest BCUT2D eigenvalue weighted by molar-refractivity contribution is 7.98. The van der Waals surface area contributed by atoms with E-state index in [0.29, 0.717) is 18.7 Å². The maximum Gasteiger partial charge on any atom is 0.251 e. The lowest BCUT2D eigenvalue weighted by Gasteiger charge is -2.10. The van der Waals surface area contributed by atoms with Gasteiger partial charge in [-0.1, -0.05) is 17.7 Å². The lowest BCUT2D eigenvalue weighted by atomic mass is 10.1. The molecule has 0 aliphatic carbocycles. The standard InChI is InChI=1S/C18H21NO2S/c1-13-4-9-17(14(2)12-13)21-11-10-19-18(20)15-5-7-16(22-3)8-6-15/h4-9,12H,10-11H2,1-3H3,(H,19,20). The van der Waals surface area contributed by atoms with E-state index >= 15 is 0 Å². The minimum absolute atomic E-state index is 0.0723. The highest BCUT2D eigenvalue weighted by atomic mass is 32.2. The Morgan fingerprint density at radius 2 is 1.86 bits per heavy atom. The minimum atomic E-state index is -0.0723. The summed E-state index contributed by atoms with van der Waals surface area (Å²) in [4.78, 5) is 13.1. The number of benzene rings is 2. The fraction of sp³-hybridized carbons (Fsp3) is 0.278. The summed E-state index contributed by atoms with van der Waals surface area (Å²) in [5, 5.41) is 2.87. The van der Waals surface area contributed by atoms with Crippen molar-refractivity contribution in [3.05, 3.63) is 59.2 Å². The molecule has 0 saturated heterocycles. The van der Waals surface area contributed by atoms with Gasteiger partial charge >= 0.3 is 0 Å². The summed E-state index contributed by atoms with van der Waals surface area (Å²) in [6.07, 6.45) is 2.01. The SMILES string of the molecule is CSc1ccc(C(=O)NCCOc2ccc(C)cc2C)cc1. The normalized spacial score (nSPS) is 10.3. The summed E-state index contributed by atoms with van der Waals surface area (Å²) in [5.74, 6) is 0.793. The molecule has 3 nitrogen and oxygen atoms in total. The lowest BCUT2D eigenvalue weighted by Crippen LogP contribution is -2.28. The van der Waals surface area contributed by atoms with Gasteiger partial charge in [0.2, 0.25) is 0 Å². The Morgan fingerprint density at radius 1 is 1.14 bits per heavy atom. The van der Waals surface area contributed by atoms with Crippen molar-refractivity contribution in [3.8, 4) is 5.75 Å². The number of carbonyl (C=O) groups is 1. The number of amides is 1. The van der Waals surface area contributed by atoms with Crippen molar-refractivity contribution in [3.63, 3.8) is 0 Å². The molecule has 2 aromatic rings. The van der Waals surface area contributed by atoms with E-state index in [-0.39, 0.29) is 5.91 Å². The molecule has 0 radical (unpaired) electrons. The maximum absolute atomic E-state index is 12.0. The summed E-state index contributed by atoms with van der Waals surface area (Å²) < 4.78 is 5.70. The Morgan fingerprint density at radius 3 is 2.50 bits per heavy atom. The minimum Gasteiger partial charge on any atom is -0.491 e. The summed E-state index contributed by atoms with van der Waals surface area (Å²) in [5.41, 5.74) is 3.00. The monoisotopic (exact) mass is 315 g/mol. The zero-order valence-electron chi connectivity index (χ0n) is 13.2. The van der Waals surface area contributed by atoms with E-state index in [1.807, 2.05) is 49.6 Å². The summed E-state index contributed by atoms with van der Waals surface area (Å²) in [6, 6.07) is 13.7. The van der Waals surface area contributed by atoms with Gasteiger partial charge in [0.25, 0.3) is 5.91 Å². The summed E-state index contributed by atoms with van der Waals surface area (Å²) >= 11 is 1.66. The van der Waals surface area contributed by atoms with Crippen LogP contribution in [0.2, 0.25) is 0 Å². The van der Waals surface area contributed by atoms with Crippen molar-refractivity contribution in [1.29, 1.82) is 0 Å². The van der Waals surface area contributed by atoms with Crippen molar-refractivity contribution in [2.45, 2.75) is 18.7 Å². The van der Waals surface area contributed by atoms with Crippen molar-refractivity contribution in [2.24, 2.45) is 0 Å². The highest BCUT2D eigenvalue weighted by Gasteiger charge is 2.05. The van der Waals surface area contributed by atoms with Crippen molar-refractivity contribution in [2.75, 3.05) is 19.4 Å². The van der Waals surface area contributed by atoms with Crippen LogP contribution in [0.4, 0.5) is 0 Å². The zero-order chi connectivity index (χ0) is 15.9. The Hall–Kier alpha value is -1.94. The zero-order valence-corrected chi connectivity index (χ0v) is 14.0. The van der Waals surface area contributed by atoms with Crippen LogP contribution in [-0.4, -0.2) is 25.3 Å². The molecule has 116 valence electrons. The first-order valence-corrected chi connectivity index (χ1v) is 8.45. The Labute approximate surface area is 136 Å². The molecule has 0 aliphatic rings. The largest absolute Gasteiger partial charge is 0.491 e. The van der Waals surface area contributed by atoms with Gasteiger partial charge in [-0.05, 0) is 56.0 Å². The first kappa shape index (κ1) is 16.4. The molecule has 22 heavy (non-hydrogen) atoms. The molecule has 0 atom stereocenters. The molecule has 0 fully saturated rings.